The van der Waals surface area contributed by atoms with Gasteiger partial charge in [-0.1, -0.05) is 158 Å². The van der Waals surface area contributed by atoms with Crippen molar-refractivity contribution in [2.45, 2.75) is 0 Å². The van der Waals surface area contributed by atoms with Gasteiger partial charge in [-0.05, 0) is 29.7 Å². The van der Waals surface area contributed by atoms with E-state index in [0.717, 1.165) is 70.2 Å². The maximum atomic E-state index is 15.9. The molecule has 0 atom stereocenters. The van der Waals surface area contributed by atoms with Gasteiger partial charge in [-0.2, -0.15) is 0 Å². The molecule has 0 saturated heterocycles. The van der Waals surface area contributed by atoms with Crippen LogP contribution in [0.15, 0.2) is 182 Å². The van der Waals surface area contributed by atoms with Crippen molar-refractivity contribution in [3.05, 3.63) is 182 Å². The van der Waals surface area contributed by atoms with E-state index in [1.807, 2.05) is 164 Å². The summed E-state index contributed by atoms with van der Waals surface area (Å²) in [6.07, 6.45) is 0. The molecule has 0 aliphatic carbocycles. The summed E-state index contributed by atoms with van der Waals surface area (Å²) in [5.74, 6) is 0. The fourth-order valence-corrected chi connectivity index (χ4v) is 12.8. The van der Waals surface area contributed by atoms with Gasteiger partial charge in [-0.25, -0.2) is 4.98 Å². The van der Waals surface area contributed by atoms with Crippen LogP contribution in [-0.4, -0.2) is 9.38 Å². The van der Waals surface area contributed by atoms with Crippen molar-refractivity contribution < 1.29 is 9.13 Å². The molecule has 9 aromatic rings. The number of hydrogen-bond donors (Lipinski definition) is 0. The molecule has 234 valence electrons. The van der Waals surface area contributed by atoms with Crippen LogP contribution >= 0.6 is 14.3 Å². The van der Waals surface area contributed by atoms with E-state index in [4.69, 9.17) is 4.98 Å². The van der Waals surface area contributed by atoms with Crippen LogP contribution < -0.4 is 31.8 Å². The molecule has 0 aliphatic rings. The molecule has 0 bridgehead atoms. The summed E-state index contributed by atoms with van der Waals surface area (Å²) < 4.78 is 33.4. The Hall–Kier alpha value is -5.53. The summed E-state index contributed by atoms with van der Waals surface area (Å²) in [6.45, 7) is 0. The zero-order valence-electron chi connectivity index (χ0n) is 26.4. The number of aromatic nitrogens is 2. The van der Waals surface area contributed by atoms with E-state index in [2.05, 4.69) is 22.6 Å². The highest BCUT2D eigenvalue weighted by atomic mass is 31.2. The Balaban J connectivity index is 1.42. The van der Waals surface area contributed by atoms with Crippen molar-refractivity contribution in [2.75, 3.05) is 0 Å². The topological polar surface area (TPSA) is 51.4 Å². The van der Waals surface area contributed by atoms with Crippen molar-refractivity contribution in [3.8, 4) is 0 Å². The van der Waals surface area contributed by atoms with E-state index in [0.29, 0.717) is 0 Å². The van der Waals surface area contributed by atoms with Gasteiger partial charge in [0.2, 0.25) is 0 Å². The molecule has 0 N–H and O–H groups in total. The first-order valence-corrected chi connectivity index (χ1v) is 19.7. The first-order chi connectivity index (χ1) is 24.1. The molecule has 2 heterocycles. The van der Waals surface area contributed by atoms with E-state index in [1.165, 1.54) is 0 Å². The third kappa shape index (κ3) is 4.49. The molecule has 9 rings (SSSR count). The monoisotopic (exact) mass is 668 g/mol. The van der Waals surface area contributed by atoms with Crippen LogP contribution in [0.4, 0.5) is 0 Å². The van der Waals surface area contributed by atoms with E-state index >= 15 is 9.13 Å². The predicted octanol–water partition coefficient (Wildman–Crippen LogP) is 8.07. The van der Waals surface area contributed by atoms with Gasteiger partial charge in [-0.3, -0.25) is 4.40 Å². The lowest BCUT2D eigenvalue weighted by Gasteiger charge is -2.22. The first kappa shape index (κ1) is 29.6. The minimum atomic E-state index is -3.36. The van der Waals surface area contributed by atoms with Gasteiger partial charge in [0.1, 0.15) is 5.65 Å². The molecule has 0 saturated carbocycles. The Morgan fingerprint density at radius 3 is 1.47 bits per heavy atom. The van der Waals surface area contributed by atoms with E-state index in [-0.39, 0.29) is 0 Å². The van der Waals surface area contributed by atoms with Crippen molar-refractivity contribution in [2.24, 2.45) is 0 Å². The van der Waals surface area contributed by atoms with Gasteiger partial charge in [0.15, 0.2) is 14.3 Å². The Morgan fingerprint density at radius 2 is 0.898 bits per heavy atom. The normalized spacial score (nSPS) is 12.2. The molecule has 4 nitrogen and oxygen atoms in total. The number of rotatable bonds is 6. The third-order valence-corrected chi connectivity index (χ3v) is 15.7. The summed E-state index contributed by atoms with van der Waals surface area (Å²) in [5.41, 5.74) is 3.32. The molecule has 0 radical (unpaired) electrons. The van der Waals surface area contributed by atoms with Gasteiger partial charge < -0.3 is 9.13 Å². The van der Waals surface area contributed by atoms with Crippen LogP contribution in [0.2, 0.25) is 0 Å². The van der Waals surface area contributed by atoms with Crippen molar-refractivity contribution >= 4 is 84.5 Å². The highest BCUT2D eigenvalue weighted by Gasteiger charge is 2.34. The van der Waals surface area contributed by atoms with Gasteiger partial charge in [0, 0.05) is 42.6 Å². The van der Waals surface area contributed by atoms with Crippen molar-refractivity contribution in [3.63, 3.8) is 0 Å². The Labute approximate surface area is 284 Å². The van der Waals surface area contributed by atoms with E-state index in [1.54, 1.807) is 0 Å². The molecule has 0 amide bonds. The summed E-state index contributed by atoms with van der Waals surface area (Å²) in [5, 5.41) is 7.43. The molecule has 2 aromatic heterocycles. The molecule has 49 heavy (non-hydrogen) atoms. The fourth-order valence-electron chi connectivity index (χ4n) is 7.26. The first-order valence-electron chi connectivity index (χ1n) is 16.3. The highest BCUT2D eigenvalue weighted by molar-refractivity contribution is 7.86. The second-order valence-corrected chi connectivity index (χ2v) is 17.7. The smallest absolute Gasteiger partial charge is 0.171 e. The number of nitrogens with zero attached hydrogens (tertiary/aromatic N) is 2. The molecule has 0 fully saturated rings. The molecule has 0 spiro atoms. The lowest BCUT2D eigenvalue weighted by Crippen LogP contribution is -2.26. The standard InChI is InChI=1S/C43H30N2O2P2/c46-48(31-16-5-1-6-17-31,32-18-7-2-8-19-32)35-28-29-38-40(30-35)45-39-26-14-13-24-36(39)37-25-15-27-41(42(37)43(45)44-38)49(47,33-20-9-3-10-21-33)34-22-11-4-12-23-34/h1-30H. The van der Waals surface area contributed by atoms with Crippen LogP contribution in [-0.2, 0) is 9.13 Å². The number of benzene rings is 7. The van der Waals surface area contributed by atoms with E-state index in [9.17, 15) is 0 Å². The van der Waals surface area contributed by atoms with Gasteiger partial charge >= 0.3 is 0 Å². The molecule has 7 aromatic carbocycles. The predicted molar refractivity (Wildman–Crippen MR) is 206 cm³/mol. The SMILES string of the molecule is O=P(c1ccccc1)(c1ccccc1)c1ccc2nc3c4c(P(=O)(c5ccccc5)c5ccccc5)cccc4c4ccccc4n3c2c1. The Kier molecular flexibility index (Phi) is 6.99. The third-order valence-electron chi connectivity index (χ3n) is 9.52. The number of hydrogen-bond acceptors (Lipinski definition) is 3. The maximum Gasteiger partial charge on any atom is 0.171 e. The number of pyridine rings is 1. The minimum Gasteiger partial charge on any atom is -0.309 e. The lowest BCUT2D eigenvalue weighted by atomic mass is 10.1. The molecular formula is C43H30N2O2P2. The van der Waals surface area contributed by atoms with E-state index < -0.39 is 14.3 Å². The van der Waals surface area contributed by atoms with Crippen molar-refractivity contribution in [1.82, 2.24) is 9.38 Å². The van der Waals surface area contributed by atoms with Crippen LogP contribution in [0, 0.1) is 0 Å². The summed E-state index contributed by atoms with van der Waals surface area (Å²) >= 11 is 0. The number of fused-ring (bicyclic) bond motifs is 8. The number of para-hydroxylation sites is 1. The molecular weight excluding hydrogens is 638 g/mol. The average Bonchev–Trinajstić information content (AvgIpc) is 3.58. The summed E-state index contributed by atoms with van der Waals surface area (Å²) in [7, 11) is -6.61. The van der Waals surface area contributed by atoms with Crippen LogP contribution in [0.1, 0.15) is 0 Å². The quantitative estimate of drug-likeness (QED) is 0.133. The Morgan fingerprint density at radius 1 is 0.408 bits per heavy atom. The largest absolute Gasteiger partial charge is 0.309 e. The second-order valence-electron chi connectivity index (χ2n) is 12.2. The molecule has 6 heteroatoms. The van der Waals surface area contributed by atoms with Gasteiger partial charge in [0.25, 0.3) is 0 Å². The van der Waals surface area contributed by atoms with Crippen molar-refractivity contribution in [1.29, 1.82) is 0 Å². The number of imidazole rings is 1. The fraction of sp³-hybridized carbons (Fsp3) is 0. The second kappa shape index (κ2) is 11.6. The maximum absolute atomic E-state index is 15.9. The molecule has 0 unspecified atom stereocenters. The molecule has 0 aliphatic heterocycles. The summed E-state index contributed by atoms with van der Waals surface area (Å²) in [4.78, 5) is 5.28. The van der Waals surface area contributed by atoms with Crippen LogP contribution in [0.3, 0.4) is 0 Å². The highest BCUT2D eigenvalue weighted by Crippen LogP contribution is 2.47. The van der Waals surface area contributed by atoms with Gasteiger partial charge in [0.05, 0.1) is 16.6 Å². The minimum absolute atomic E-state index is 0.720. The lowest BCUT2D eigenvalue weighted by molar-refractivity contribution is 0.591. The zero-order valence-corrected chi connectivity index (χ0v) is 28.2. The zero-order chi connectivity index (χ0) is 33.0. The summed E-state index contributed by atoms with van der Waals surface area (Å²) in [6, 6.07) is 59.4. The van der Waals surface area contributed by atoms with Crippen LogP contribution in [0.25, 0.3) is 38.4 Å². The Bertz CT molecular complexity index is 2680. The van der Waals surface area contributed by atoms with Crippen LogP contribution in [0.5, 0.6) is 0 Å². The van der Waals surface area contributed by atoms with Gasteiger partial charge in [-0.15, -0.1) is 0 Å². The average molecular weight is 669 g/mol.